The summed E-state index contributed by atoms with van der Waals surface area (Å²) in [4.78, 5) is 41.6. The van der Waals surface area contributed by atoms with Gasteiger partial charge in [0.1, 0.15) is 5.69 Å². The Hall–Kier alpha value is -3.77. The second-order valence-electron chi connectivity index (χ2n) is 10.5. The monoisotopic (exact) mass is 522 g/mol. The Kier molecular flexibility index (Phi) is 6.46. The number of aromatic nitrogens is 5. The summed E-state index contributed by atoms with van der Waals surface area (Å²) in [5.41, 5.74) is 2.34. The van der Waals surface area contributed by atoms with Gasteiger partial charge in [-0.25, -0.2) is 9.78 Å². The summed E-state index contributed by atoms with van der Waals surface area (Å²) in [5.74, 6) is -0.372. The van der Waals surface area contributed by atoms with Gasteiger partial charge in [0.2, 0.25) is 5.88 Å². The van der Waals surface area contributed by atoms with E-state index >= 15 is 0 Å². The topological polar surface area (TPSA) is 144 Å². The number of carbonyl (C=O) groups excluding carboxylic acids is 1. The lowest BCUT2D eigenvalue weighted by atomic mass is 9.93. The highest BCUT2D eigenvalue weighted by molar-refractivity contribution is 7.12. The van der Waals surface area contributed by atoms with Crippen molar-refractivity contribution in [2.75, 3.05) is 27.2 Å². The molecule has 0 aliphatic heterocycles. The van der Waals surface area contributed by atoms with E-state index in [1.165, 1.54) is 11.3 Å². The Bertz CT molecular complexity index is 1640. The molecule has 4 aromatic rings. The van der Waals surface area contributed by atoms with Crippen LogP contribution in [0.15, 0.2) is 33.5 Å². The molecular weight excluding hydrogens is 492 g/mol. The number of amides is 1. The van der Waals surface area contributed by atoms with E-state index in [-0.39, 0.29) is 28.9 Å². The molecular formula is C25H30N8O3S. The van der Waals surface area contributed by atoms with Gasteiger partial charge in [-0.2, -0.15) is 9.61 Å². The zero-order chi connectivity index (χ0) is 26.3. The maximum absolute atomic E-state index is 12.9. The number of thiophene rings is 1. The maximum Gasteiger partial charge on any atom is 0.326 e. The summed E-state index contributed by atoms with van der Waals surface area (Å²) in [6.07, 6.45) is 5.29. The number of fused-ring (bicyclic) bond motifs is 1. The summed E-state index contributed by atoms with van der Waals surface area (Å²) in [6, 6.07) is 3.98. The fourth-order valence-corrected chi connectivity index (χ4v) is 5.07. The molecule has 0 bridgehead atoms. The molecule has 4 aromatic heterocycles. The standard InChI is InChI=1S/C25H30N8O3S/c1-25(2,13-32(3)4)12-26-23(35)19-8-15(11-37-19)17-9-20(28-16-5-6-16)33-21(29-17)14(10-27-33)7-18-22(34)31-24(36)30-18/h7-11,16,34H,5-6,12-13H2,1-4H3,(H,26,35)(H2,30,31,36)/b14-7+,28-20?. The van der Waals surface area contributed by atoms with Gasteiger partial charge in [0.15, 0.2) is 11.1 Å². The zero-order valence-electron chi connectivity index (χ0n) is 21.2. The third kappa shape index (κ3) is 5.65. The average Bonchev–Trinajstić information content (AvgIpc) is 3.20. The Balaban J connectivity index is 1.50. The number of nitrogens with one attached hydrogen (secondary N) is 3. The van der Waals surface area contributed by atoms with Crippen LogP contribution < -0.4 is 21.7 Å². The van der Waals surface area contributed by atoms with Crippen LogP contribution in [0.5, 0.6) is 5.88 Å². The first-order chi connectivity index (χ1) is 17.6. The van der Waals surface area contributed by atoms with Crippen molar-refractivity contribution in [3.63, 3.8) is 0 Å². The van der Waals surface area contributed by atoms with E-state index in [1.807, 2.05) is 31.6 Å². The van der Waals surface area contributed by atoms with Crippen LogP contribution in [-0.4, -0.2) is 73.7 Å². The quantitative estimate of drug-likeness (QED) is 0.273. The van der Waals surface area contributed by atoms with Crippen molar-refractivity contribution < 1.29 is 9.90 Å². The Labute approximate surface area is 216 Å². The van der Waals surface area contributed by atoms with E-state index in [4.69, 9.17) is 9.98 Å². The van der Waals surface area contributed by atoms with Gasteiger partial charge in [0.05, 0.1) is 22.8 Å². The molecule has 4 N–H and O–H groups in total. The summed E-state index contributed by atoms with van der Waals surface area (Å²) in [5, 5.41) is 20.0. The maximum atomic E-state index is 12.9. The van der Waals surface area contributed by atoms with Crippen molar-refractivity contribution in [1.29, 1.82) is 0 Å². The summed E-state index contributed by atoms with van der Waals surface area (Å²) in [7, 11) is 4.04. The molecule has 4 heterocycles. The molecule has 1 fully saturated rings. The third-order valence-corrected chi connectivity index (χ3v) is 6.90. The second-order valence-corrected chi connectivity index (χ2v) is 11.4. The van der Waals surface area contributed by atoms with Gasteiger partial charge in [0, 0.05) is 35.3 Å². The predicted octanol–water partition coefficient (Wildman–Crippen LogP) is 1.11. The van der Waals surface area contributed by atoms with E-state index in [2.05, 4.69) is 39.1 Å². The molecule has 1 amide bonds. The molecule has 194 valence electrons. The highest BCUT2D eigenvalue weighted by Crippen LogP contribution is 2.25. The van der Waals surface area contributed by atoms with E-state index in [0.717, 1.165) is 24.9 Å². The first-order valence-electron chi connectivity index (χ1n) is 12.1. The minimum atomic E-state index is -0.507. The van der Waals surface area contributed by atoms with E-state index in [1.54, 1.807) is 16.8 Å². The highest BCUT2D eigenvalue weighted by atomic mass is 32.1. The molecule has 37 heavy (non-hydrogen) atoms. The fourth-order valence-electron chi connectivity index (χ4n) is 4.25. The molecule has 0 saturated heterocycles. The van der Waals surface area contributed by atoms with Crippen LogP contribution in [0.25, 0.3) is 23.0 Å². The van der Waals surface area contributed by atoms with Crippen molar-refractivity contribution >= 4 is 29.0 Å². The Morgan fingerprint density at radius 2 is 2.14 bits per heavy atom. The molecule has 0 atom stereocenters. The van der Waals surface area contributed by atoms with Gasteiger partial charge in [-0.05, 0) is 44.5 Å². The normalized spacial score (nSPS) is 15.3. The summed E-state index contributed by atoms with van der Waals surface area (Å²) >= 11 is 1.37. The number of carbonyl (C=O) groups is 1. The molecule has 12 heteroatoms. The summed E-state index contributed by atoms with van der Waals surface area (Å²) in [6.45, 7) is 5.68. The number of nitrogens with zero attached hydrogens (tertiary/aromatic N) is 5. The Morgan fingerprint density at radius 3 is 2.81 bits per heavy atom. The SMILES string of the molecule is CN(C)CC(C)(C)CNC(=O)c1cc(-c2cc(=NC3CC3)n3nc/c(=C\c4[nH]c(=O)[nH]c4O)c3n2)cs1. The van der Waals surface area contributed by atoms with Crippen LogP contribution in [0.1, 0.15) is 42.1 Å². The summed E-state index contributed by atoms with van der Waals surface area (Å²) < 4.78 is 1.66. The van der Waals surface area contributed by atoms with Gasteiger partial charge in [0.25, 0.3) is 5.91 Å². The predicted molar refractivity (Wildman–Crippen MR) is 141 cm³/mol. The highest BCUT2D eigenvalue weighted by Gasteiger charge is 2.22. The van der Waals surface area contributed by atoms with Gasteiger partial charge in [-0.15, -0.1) is 11.3 Å². The largest absolute Gasteiger partial charge is 0.493 e. The number of aromatic hydroxyl groups is 1. The number of rotatable bonds is 8. The fraction of sp³-hybridized carbons (Fsp3) is 0.400. The molecule has 1 saturated carbocycles. The third-order valence-electron chi connectivity index (χ3n) is 5.97. The molecule has 0 spiro atoms. The van der Waals surface area contributed by atoms with Crippen molar-refractivity contribution in [1.82, 2.24) is 34.8 Å². The molecule has 1 aliphatic carbocycles. The van der Waals surface area contributed by atoms with E-state index in [0.29, 0.717) is 33.5 Å². The smallest absolute Gasteiger partial charge is 0.326 e. The molecule has 0 aromatic carbocycles. The number of hydrogen-bond donors (Lipinski definition) is 4. The molecule has 0 unspecified atom stereocenters. The number of imidazole rings is 1. The van der Waals surface area contributed by atoms with Crippen molar-refractivity contribution in [2.24, 2.45) is 10.4 Å². The van der Waals surface area contributed by atoms with Crippen LogP contribution in [-0.2, 0) is 0 Å². The van der Waals surface area contributed by atoms with Crippen LogP contribution in [0, 0.1) is 5.41 Å². The van der Waals surface area contributed by atoms with E-state index < -0.39 is 5.69 Å². The minimum Gasteiger partial charge on any atom is -0.493 e. The van der Waals surface area contributed by atoms with Crippen LogP contribution in [0.4, 0.5) is 0 Å². The van der Waals surface area contributed by atoms with Gasteiger partial charge in [-0.3, -0.25) is 14.8 Å². The number of hydrogen-bond acceptors (Lipinski definition) is 8. The number of H-pyrrole nitrogens is 2. The van der Waals surface area contributed by atoms with Gasteiger partial charge < -0.3 is 20.3 Å². The van der Waals surface area contributed by atoms with Crippen LogP contribution >= 0.6 is 11.3 Å². The number of aromatic amines is 2. The van der Waals surface area contributed by atoms with Gasteiger partial charge >= 0.3 is 5.69 Å². The first-order valence-corrected chi connectivity index (χ1v) is 12.9. The average molecular weight is 523 g/mol. The zero-order valence-corrected chi connectivity index (χ0v) is 22.0. The lowest BCUT2D eigenvalue weighted by molar-refractivity contribution is 0.0933. The van der Waals surface area contributed by atoms with Crippen molar-refractivity contribution in [3.8, 4) is 17.1 Å². The lowest BCUT2D eigenvalue weighted by Crippen LogP contribution is -2.39. The second kappa shape index (κ2) is 9.60. The van der Waals surface area contributed by atoms with Crippen molar-refractivity contribution in [3.05, 3.63) is 55.5 Å². The minimum absolute atomic E-state index is 0.0574. The van der Waals surface area contributed by atoms with E-state index in [9.17, 15) is 14.7 Å². The van der Waals surface area contributed by atoms with Crippen molar-refractivity contribution in [2.45, 2.75) is 32.7 Å². The first kappa shape index (κ1) is 24.9. The molecule has 11 nitrogen and oxygen atoms in total. The van der Waals surface area contributed by atoms with Crippen LogP contribution in [0.3, 0.4) is 0 Å². The van der Waals surface area contributed by atoms with Crippen LogP contribution in [0.2, 0.25) is 0 Å². The Morgan fingerprint density at radius 1 is 1.35 bits per heavy atom. The lowest BCUT2D eigenvalue weighted by Gasteiger charge is -2.28. The molecule has 5 rings (SSSR count). The molecule has 0 radical (unpaired) electrons. The molecule has 1 aliphatic rings. The van der Waals surface area contributed by atoms with Gasteiger partial charge in [-0.1, -0.05) is 13.8 Å².